The number of fused-ring (bicyclic) bond motifs is 2. The third-order valence-corrected chi connectivity index (χ3v) is 3.86. The van der Waals surface area contributed by atoms with Gasteiger partial charge in [0.2, 0.25) is 11.8 Å². The number of ether oxygens (including phenoxy) is 1. The van der Waals surface area contributed by atoms with Crippen molar-refractivity contribution in [3.63, 3.8) is 0 Å². The summed E-state index contributed by atoms with van der Waals surface area (Å²) in [6, 6.07) is 0.992. The maximum Gasteiger partial charge on any atom is 0.280 e. The first kappa shape index (κ1) is 16.1. The molecule has 4 aromatic heterocycles. The fourth-order valence-corrected chi connectivity index (χ4v) is 2.82. The van der Waals surface area contributed by atoms with Crippen LogP contribution in [0, 0.1) is 11.6 Å². The number of nitrogen functional groups attached to an aromatic ring is 1. The molecule has 0 saturated heterocycles. The van der Waals surface area contributed by atoms with Gasteiger partial charge in [0.05, 0.1) is 25.1 Å². The van der Waals surface area contributed by atoms with Gasteiger partial charge in [0.1, 0.15) is 11.2 Å². The van der Waals surface area contributed by atoms with E-state index in [0.29, 0.717) is 0 Å². The second-order valence-corrected chi connectivity index (χ2v) is 5.38. The van der Waals surface area contributed by atoms with Gasteiger partial charge in [0.25, 0.3) is 6.43 Å². The van der Waals surface area contributed by atoms with Crippen molar-refractivity contribution in [3.8, 4) is 17.0 Å². The molecule has 0 bridgehead atoms. The number of anilines is 1. The van der Waals surface area contributed by atoms with Crippen molar-refractivity contribution in [2.45, 2.75) is 6.43 Å². The van der Waals surface area contributed by atoms with E-state index in [9.17, 15) is 17.6 Å². The van der Waals surface area contributed by atoms with Gasteiger partial charge in [-0.2, -0.15) is 4.98 Å². The van der Waals surface area contributed by atoms with Crippen LogP contribution < -0.4 is 10.5 Å². The molecule has 2 N–H and O–H groups in total. The predicted octanol–water partition coefficient (Wildman–Crippen LogP) is 2.85. The Bertz CT molecular complexity index is 1150. The number of rotatable bonds is 3. The number of nitrogens with two attached hydrogens (primary N) is 1. The standard InChI is InChI=1S/C15H10F4N6O/c1-26-14-11-10(8(17)5-25(11)23-15(20)22-14)6-2-7(16)13-21-3-9(12(18)19)24(13)4-6/h2-5,12H,1H3,(H2,20,23). The van der Waals surface area contributed by atoms with Gasteiger partial charge in [-0.3, -0.25) is 4.40 Å². The molecule has 0 aliphatic rings. The van der Waals surface area contributed by atoms with Crippen LogP contribution in [-0.4, -0.2) is 31.1 Å². The zero-order valence-corrected chi connectivity index (χ0v) is 13.1. The molecule has 11 heteroatoms. The third kappa shape index (κ3) is 2.24. The first-order valence-corrected chi connectivity index (χ1v) is 7.24. The SMILES string of the molecule is COc1nc(N)nn2cc(F)c(-c3cc(F)c4ncc(C(F)F)n4c3)c12. The average Bonchev–Trinajstić information content (AvgIpc) is 3.14. The molecule has 0 saturated carbocycles. The van der Waals surface area contributed by atoms with Crippen LogP contribution in [0.1, 0.15) is 12.1 Å². The Morgan fingerprint density at radius 1 is 1.19 bits per heavy atom. The minimum absolute atomic E-state index is 0.0124. The maximum absolute atomic E-state index is 14.6. The molecule has 7 nitrogen and oxygen atoms in total. The lowest BCUT2D eigenvalue weighted by Crippen LogP contribution is -2.03. The Labute approximate surface area is 142 Å². The number of hydrogen-bond acceptors (Lipinski definition) is 5. The summed E-state index contributed by atoms with van der Waals surface area (Å²) >= 11 is 0. The summed E-state index contributed by atoms with van der Waals surface area (Å²) in [6.45, 7) is 0. The number of pyridine rings is 1. The first-order chi connectivity index (χ1) is 12.4. The molecule has 0 spiro atoms. The number of alkyl halides is 2. The van der Waals surface area contributed by atoms with E-state index in [1.54, 1.807) is 0 Å². The van der Waals surface area contributed by atoms with Crippen LogP contribution in [0.25, 0.3) is 22.3 Å². The number of nitrogens with zero attached hydrogens (tertiary/aromatic N) is 5. The van der Waals surface area contributed by atoms with Gasteiger partial charge in [0, 0.05) is 11.8 Å². The number of imidazole rings is 1. The molecule has 0 amide bonds. The molecule has 0 aliphatic carbocycles. The normalized spacial score (nSPS) is 11.8. The summed E-state index contributed by atoms with van der Waals surface area (Å²) < 4.78 is 62.2. The molecular weight excluding hydrogens is 356 g/mol. The van der Waals surface area contributed by atoms with Crippen LogP contribution in [0.3, 0.4) is 0 Å². The van der Waals surface area contributed by atoms with Crippen LogP contribution in [0.15, 0.2) is 24.7 Å². The van der Waals surface area contributed by atoms with Crippen molar-refractivity contribution in [3.05, 3.63) is 42.0 Å². The minimum Gasteiger partial charge on any atom is -0.479 e. The van der Waals surface area contributed by atoms with Gasteiger partial charge in [-0.25, -0.2) is 27.1 Å². The molecule has 0 atom stereocenters. The van der Waals surface area contributed by atoms with Crippen molar-refractivity contribution in [2.75, 3.05) is 12.8 Å². The Hall–Kier alpha value is -3.37. The number of methoxy groups -OCH3 is 1. The van der Waals surface area contributed by atoms with Gasteiger partial charge in [-0.05, 0) is 6.07 Å². The number of halogens is 4. The zero-order valence-electron chi connectivity index (χ0n) is 13.1. The van der Waals surface area contributed by atoms with Crippen molar-refractivity contribution in [1.82, 2.24) is 24.0 Å². The summed E-state index contributed by atoms with van der Waals surface area (Å²) in [5, 5.41) is 3.84. The van der Waals surface area contributed by atoms with Crippen molar-refractivity contribution in [2.24, 2.45) is 0 Å². The van der Waals surface area contributed by atoms with E-state index in [1.165, 1.54) is 13.3 Å². The lowest BCUT2D eigenvalue weighted by Gasteiger charge is -2.08. The molecule has 0 aromatic carbocycles. The summed E-state index contributed by atoms with van der Waals surface area (Å²) in [6.07, 6.45) is 0.162. The van der Waals surface area contributed by atoms with Crippen molar-refractivity contribution >= 4 is 17.1 Å². The molecule has 26 heavy (non-hydrogen) atoms. The van der Waals surface area contributed by atoms with Gasteiger partial charge in [0.15, 0.2) is 17.3 Å². The zero-order chi connectivity index (χ0) is 18.6. The fourth-order valence-electron chi connectivity index (χ4n) is 2.82. The van der Waals surface area contributed by atoms with Crippen LogP contribution in [0.2, 0.25) is 0 Å². The Balaban J connectivity index is 2.07. The van der Waals surface area contributed by atoms with E-state index >= 15 is 0 Å². The summed E-state index contributed by atoms with van der Waals surface area (Å²) in [7, 11) is 1.30. The molecule has 0 aliphatic heterocycles. The molecule has 4 rings (SSSR count). The van der Waals surface area contributed by atoms with Gasteiger partial charge >= 0.3 is 0 Å². The lowest BCUT2D eigenvalue weighted by molar-refractivity contribution is 0.145. The quantitative estimate of drug-likeness (QED) is 0.564. The molecule has 0 radical (unpaired) electrons. The highest BCUT2D eigenvalue weighted by Gasteiger charge is 2.23. The molecule has 4 heterocycles. The van der Waals surface area contributed by atoms with Crippen molar-refractivity contribution < 1.29 is 22.3 Å². The van der Waals surface area contributed by atoms with E-state index in [2.05, 4.69) is 15.1 Å². The molecule has 0 fully saturated rings. The fraction of sp³-hybridized carbons (Fsp3) is 0.133. The first-order valence-electron chi connectivity index (χ1n) is 7.24. The smallest absolute Gasteiger partial charge is 0.280 e. The summed E-state index contributed by atoms with van der Waals surface area (Å²) in [5.41, 5.74) is 4.68. The Morgan fingerprint density at radius 3 is 2.65 bits per heavy atom. The number of aromatic nitrogens is 5. The lowest BCUT2D eigenvalue weighted by atomic mass is 10.1. The van der Waals surface area contributed by atoms with Gasteiger partial charge in [-0.15, -0.1) is 5.10 Å². The van der Waals surface area contributed by atoms with E-state index in [0.717, 1.165) is 27.4 Å². The third-order valence-electron chi connectivity index (χ3n) is 3.86. The van der Waals surface area contributed by atoms with Gasteiger partial charge in [-0.1, -0.05) is 0 Å². The monoisotopic (exact) mass is 366 g/mol. The Morgan fingerprint density at radius 2 is 1.96 bits per heavy atom. The van der Waals surface area contributed by atoms with E-state index < -0.39 is 23.8 Å². The van der Waals surface area contributed by atoms with Gasteiger partial charge < -0.3 is 10.5 Å². The predicted molar refractivity (Wildman–Crippen MR) is 83.0 cm³/mol. The van der Waals surface area contributed by atoms with Crippen LogP contribution in [0.4, 0.5) is 23.5 Å². The highest BCUT2D eigenvalue weighted by Crippen LogP contribution is 2.35. The van der Waals surface area contributed by atoms with Crippen LogP contribution in [-0.2, 0) is 0 Å². The Kier molecular flexibility index (Phi) is 3.46. The molecule has 4 aromatic rings. The van der Waals surface area contributed by atoms with E-state index in [-0.39, 0.29) is 34.1 Å². The second-order valence-electron chi connectivity index (χ2n) is 5.38. The molecule has 134 valence electrons. The largest absolute Gasteiger partial charge is 0.479 e. The second kappa shape index (κ2) is 5.58. The maximum atomic E-state index is 14.6. The summed E-state index contributed by atoms with van der Waals surface area (Å²) in [5.74, 6) is -1.87. The van der Waals surface area contributed by atoms with Crippen LogP contribution >= 0.6 is 0 Å². The van der Waals surface area contributed by atoms with E-state index in [4.69, 9.17) is 10.5 Å². The van der Waals surface area contributed by atoms with E-state index in [1.807, 2.05) is 0 Å². The molecule has 0 unspecified atom stereocenters. The van der Waals surface area contributed by atoms with Crippen molar-refractivity contribution in [1.29, 1.82) is 0 Å². The average molecular weight is 366 g/mol. The van der Waals surface area contributed by atoms with Crippen LogP contribution in [0.5, 0.6) is 5.88 Å². The highest BCUT2D eigenvalue weighted by molar-refractivity contribution is 5.85. The summed E-state index contributed by atoms with van der Waals surface area (Å²) in [4.78, 5) is 7.50. The number of hydrogen-bond donors (Lipinski definition) is 1. The molecular formula is C15H10F4N6O. The topological polar surface area (TPSA) is 82.7 Å². The highest BCUT2D eigenvalue weighted by atomic mass is 19.3. The minimum atomic E-state index is -2.88.